The number of amides is 2. The Labute approximate surface area is 169 Å². The summed E-state index contributed by atoms with van der Waals surface area (Å²) >= 11 is 0.614. The van der Waals surface area contributed by atoms with Gasteiger partial charge in [-0.2, -0.15) is 18.3 Å². The minimum absolute atomic E-state index is 0.0786. The molecule has 3 heterocycles. The van der Waals surface area contributed by atoms with Crippen molar-refractivity contribution in [2.24, 2.45) is 5.73 Å². The molecule has 0 fully saturated rings. The van der Waals surface area contributed by atoms with E-state index in [4.69, 9.17) is 5.73 Å². The second-order valence-electron chi connectivity index (χ2n) is 6.39. The van der Waals surface area contributed by atoms with Gasteiger partial charge in [-0.15, -0.1) is 11.3 Å². The average Bonchev–Trinajstić information content (AvgIpc) is 3.16. The number of hydrogen-bond acceptors (Lipinski definition) is 5. The van der Waals surface area contributed by atoms with Crippen molar-refractivity contribution in [3.05, 3.63) is 39.7 Å². The van der Waals surface area contributed by atoms with Crippen molar-refractivity contribution in [2.45, 2.75) is 33.0 Å². The van der Waals surface area contributed by atoms with E-state index in [1.807, 2.05) is 0 Å². The summed E-state index contributed by atoms with van der Waals surface area (Å²) in [5.41, 5.74) is 4.02. The van der Waals surface area contributed by atoms with Crippen LogP contribution in [0.4, 0.5) is 27.6 Å². The van der Waals surface area contributed by atoms with Gasteiger partial charge in [-0.3, -0.25) is 14.3 Å². The normalized spacial score (nSPS) is 12.0. The molecule has 3 rings (SSSR count). The number of nitrogens with two attached hydrogens (primary N) is 1. The Balaban J connectivity index is 1.99. The van der Waals surface area contributed by atoms with E-state index in [0.29, 0.717) is 17.0 Å². The maximum Gasteiger partial charge on any atom is 0.433 e. The number of hydrogen-bond donors (Lipinski definition) is 2. The first-order valence-corrected chi connectivity index (χ1v) is 9.13. The summed E-state index contributed by atoms with van der Waals surface area (Å²) in [4.78, 5) is 27.5. The molecule has 7 nitrogen and oxygen atoms in total. The van der Waals surface area contributed by atoms with Gasteiger partial charge in [0.2, 0.25) is 5.91 Å². The summed E-state index contributed by atoms with van der Waals surface area (Å²) in [5, 5.41) is 6.20. The minimum atomic E-state index is -4.70. The van der Waals surface area contributed by atoms with Gasteiger partial charge in [-0.25, -0.2) is 13.8 Å². The van der Waals surface area contributed by atoms with Gasteiger partial charge in [0.1, 0.15) is 27.6 Å². The number of thiophene rings is 1. The lowest BCUT2D eigenvalue weighted by Gasteiger charge is -2.10. The zero-order valence-corrected chi connectivity index (χ0v) is 16.3. The largest absolute Gasteiger partial charge is 0.433 e. The lowest BCUT2D eigenvalue weighted by molar-refractivity contribution is -0.141. The van der Waals surface area contributed by atoms with Crippen molar-refractivity contribution in [3.8, 4) is 0 Å². The number of alkyl halides is 5. The number of pyridine rings is 1. The predicted octanol–water partition coefficient (Wildman–Crippen LogP) is 3.80. The molecule has 3 aromatic rings. The van der Waals surface area contributed by atoms with Gasteiger partial charge in [0.25, 0.3) is 12.3 Å². The Morgan fingerprint density at radius 3 is 2.47 bits per heavy atom. The van der Waals surface area contributed by atoms with Gasteiger partial charge >= 0.3 is 6.18 Å². The van der Waals surface area contributed by atoms with Crippen molar-refractivity contribution < 1.29 is 31.5 Å². The highest BCUT2D eigenvalue weighted by molar-refractivity contribution is 7.21. The van der Waals surface area contributed by atoms with Crippen molar-refractivity contribution >= 4 is 39.1 Å². The third kappa shape index (κ3) is 4.10. The topological polar surface area (TPSA) is 103 Å². The van der Waals surface area contributed by atoms with E-state index in [1.54, 1.807) is 0 Å². The summed E-state index contributed by atoms with van der Waals surface area (Å²) < 4.78 is 65.7. The second kappa shape index (κ2) is 7.63. The third-order valence-electron chi connectivity index (χ3n) is 4.15. The monoisotopic (exact) mass is 447 g/mol. The van der Waals surface area contributed by atoms with Gasteiger partial charge in [0.15, 0.2) is 0 Å². The number of anilines is 1. The molecule has 0 aliphatic heterocycles. The summed E-state index contributed by atoms with van der Waals surface area (Å²) in [6, 6.07) is 1.92. The standard InChI is InChI=1S/C17H14F5N5O2S/c1-6-3-9(17(20,21)22)24-16-11(6)12(13(30-16)15(23)29)25-10(28)5-27-7(2)4-8(26-27)14(18)19/h3-4,14H,5H2,1-2H3,(H2,23,29)(H,25,28). The van der Waals surface area contributed by atoms with Crippen LogP contribution < -0.4 is 11.1 Å². The second-order valence-corrected chi connectivity index (χ2v) is 7.39. The maximum absolute atomic E-state index is 13.0. The number of carbonyl (C=O) groups is 2. The number of fused-ring (bicyclic) bond motifs is 1. The average molecular weight is 447 g/mol. The smallest absolute Gasteiger partial charge is 0.365 e. The highest BCUT2D eigenvalue weighted by Gasteiger charge is 2.34. The summed E-state index contributed by atoms with van der Waals surface area (Å²) in [7, 11) is 0. The SMILES string of the molecule is Cc1cc(C(F)(F)F)nc2sc(C(N)=O)c(NC(=O)Cn3nc(C(F)F)cc3C)c12. The van der Waals surface area contributed by atoms with Gasteiger partial charge in [-0.1, -0.05) is 0 Å². The van der Waals surface area contributed by atoms with Crippen LogP contribution in [-0.4, -0.2) is 26.6 Å². The molecule has 160 valence electrons. The van der Waals surface area contributed by atoms with Crippen LogP contribution in [0.5, 0.6) is 0 Å². The van der Waals surface area contributed by atoms with Crippen LogP contribution in [0.2, 0.25) is 0 Å². The molecular formula is C17H14F5N5O2S. The minimum Gasteiger partial charge on any atom is -0.365 e. The summed E-state index contributed by atoms with van der Waals surface area (Å²) in [5.74, 6) is -1.69. The fourth-order valence-electron chi connectivity index (χ4n) is 2.84. The Hall–Kier alpha value is -3.09. The molecule has 0 saturated heterocycles. The van der Waals surface area contributed by atoms with E-state index in [-0.39, 0.29) is 26.3 Å². The van der Waals surface area contributed by atoms with Crippen molar-refractivity contribution in [3.63, 3.8) is 0 Å². The number of primary amides is 1. The molecule has 3 N–H and O–H groups in total. The highest BCUT2D eigenvalue weighted by Crippen LogP contribution is 2.39. The molecule has 13 heteroatoms. The number of nitrogens with zero attached hydrogens (tertiary/aromatic N) is 3. The summed E-state index contributed by atoms with van der Waals surface area (Å²) in [6.45, 7) is 2.40. The number of rotatable bonds is 5. The molecule has 0 saturated carbocycles. The first kappa shape index (κ1) is 21.6. The molecule has 0 spiro atoms. The van der Waals surface area contributed by atoms with Gasteiger partial charge in [0, 0.05) is 11.1 Å². The van der Waals surface area contributed by atoms with E-state index in [9.17, 15) is 31.5 Å². The number of halogens is 5. The molecule has 2 amide bonds. The number of aryl methyl sites for hydroxylation is 2. The molecule has 0 radical (unpaired) electrons. The quantitative estimate of drug-likeness (QED) is 0.581. The van der Waals surface area contributed by atoms with E-state index < -0.39 is 42.3 Å². The van der Waals surface area contributed by atoms with E-state index in [2.05, 4.69) is 15.4 Å². The van der Waals surface area contributed by atoms with Gasteiger partial charge < -0.3 is 11.1 Å². The zero-order chi connectivity index (χ0) is 22.4. The molecule has 0 aliphatic carbocycles. The van der Waals surface area contributed by atoms with E-state index in [0.717, 1.165) is 16.8 Å². The molecule has 0 unspecified atom stereocenters. The third-order valence-corrected chi connectivity index (χ3v) is 5.25. The summed E-state index contributed by atoms with van der Waals surface area (Å²) in [6.07, 6.45) is -7.51. The van der Waals surface area contributed by atoms with Gasteiger partial charge in [0.05, 0.1) is 5.69 Å². The molecule has 0 aromatic carbocycles. The van der Waals surface area contributed by atoms with Crippen LogP contribution in [0, 0.1) is 13.8 Å². The lowest BCUT2D eigenvalue weighted by Crippen LogP contribution is -2.22. The first-order valence-electron chi connectivity index (χ1n) is 8.32. The molecule has 0 aliphatic rings. The molecular weight excluding hydrogens is 433 g/mol. The van der Waals surface area contributed by atoms with Crippen LogP contribution >= 0.6 is 11.3 Å². The molecule has 30 heavy (non-hydrogen) atoms. The molecule has 3 aromatic heterocycles. The molecule has 0 bridgehead atoms. The fourth-order valence-corrected chi connectivity index (χ4v) is 3.90. The van der Waals surface area contributed by atoms with Crippen LogP contribution in [-0.2, 0) is 17.5 Å². The van der Waals surface area contributed by atoms with Crippen molar-refractivity contribution in [1.82, 2.24) is 14.8 Å². The highest BCUT2D eigenvalue weighted by atomic mass is 32.1. The number of carbonyl (C=O) groups excluding carboxylic acids is 2. The van der Waals surface area contributed by atoms with Crippen LogP contribution in [0.3, 0.4) is 0 Å². The van der Waals surface area contributed by atoms with Crippen LogP contribution in [0.1, 0.15) is 38.7 Å². The molecule has 0 atom stereocenters. The van der Waals surface area contributed by atoms with Crippen molar-refractivity contribution in [1.29, 1.82) is 0 Å². The predicted molar refractivity (Wildman–Crippen MR) is 98.4 cm³/mol. The Kier molecular flexibility index (Phi) is 5.50. The zero-order valence-electron chi connectivity index (χ0n) is 15.5. The Morgan fingerprint density at radius 2 is 1.93 bits per heavy atom. The first-order chi connectivity index (χ1) is 13.9. The van der Waals surface area contributed by atoms with Crippen LogP contribution in [0.15, 0.2) is 12.1 Å². The number of aromatic nitrogens is 3. The van der Waals surface area contributed by atoms with Gasteiger partial charge in [-0.05, 0) is 31.5 Å². The fraction of sp³-hybridized carbons (Fsp3) is 0.294. The van der Waals surface area contributed by atoms with E-state index in [1.165, 1.54) is 13.8 Å². The lowest BCUT2D eigenvalue weighted by atomic mass is 10.1. The van der Waals surface area contributed by atoms with Crippen LogP contribution in [0.25, 0.3) is 10.2 Å². The maximum atomic E-state index is 13.0. The van der Waals surface area contributed by atoms with E-state index >= 15 is 0 Å². The Morgan fingerprint density at radius 1 is 1.27 bits per heavy atom. The Bertz CT molecular complexity index is 1150. The van der Waals surface area contributed by atoms with Crippen molar-refractivity contribution in [2.75, 3.05) is 5.32 Å². The number of nitrogens with one attached hydrogen (secondary N) is 1.